The van der Waals surface area contributed by atoms with Crippen molar-refractivity contribution in [1.82, 2.24) is 5.32 Å². The summed E-state index contributed by atoms with van der Waals surface area (Å²) in [6.45, 7) is 2.67. The maximum absolute atomic E-state index is 11.5. The molecule has 0 heterocycles. The first-order valence-corrected chi connectivity index (χ1v) is 6.02. The zero-order chi connectivity index (χ0) is 15.1. The number of hydrogen-bond donors (Lipinski definition) is 1. The minimum atomic E-state index is -0.890. The number of esters is 1. The third kappa shape index (κ3) is 4.72. The molecule has 6 nitrogen and oxygen atoms in total. The summed E-state index contributed by atoms with van der Waals surface area (Å²) < 4.78 is 9.99. The first kappa shape index (κ1) is 15.7. The van der Waals surface area contributed by atoms with E-state index < -0.39 is 12.0 Å². The van der Waals surface area contributed by atoms with Crippen molar-refractivity contribution >= 4 is 17.7 Å². The number of carbonyl (C=O) groups is 3. The number of methoxy groups -OCH3 is 1. The summed E-state index contributed by atoms with van der Waals surface area (Å²) in [4.78, 5) is 33.7. The smallest absolute Gasteiger partial charge is 0.331 e. The molecule has 0 aliphatic rings. The van der Waals surface area contributed by atoms with Gasteiger partial charge in [-0.25, -0.2) is 4.79 Å². The van der Waals surface area contributed by atoms with Crippen LogP contribution in [-0.2, 0) is 14.3 Å². The molecule has 1 N–H and O–H groups in total. The highest BCUT2D eigenvalue weighted by Gasteiger charge is 2.21. The second-order valence-electron chi connectivity index (χ2n) is 4.17. The third-order valence-corrected chi connectivity index (χ3v) is 2.52. The van der Waals surface area contributed by atoms with E-state index in [-0.39, 0.29) is 18.3 Å². The lowest BCUT2D eigenvalue weighted by Gasteiger charge is -2.16. The van der Waals surface area contributed by atoms with Crippen LogP contribution < -0.4 is 10.1 Å². The number of amides is 1. The fourth-order valence-electron chi connectivity index (χ4n) is 1.54. The highest BCUT2D eigenvalue weighted by molar-refractivity contribution is 5.94. The van der Waals surface area contributed by atoms with Gasteiger partial charge in [-0.05, 0) is 19.1 Å². The van der Waals surface area contributed by atoms with Crippen molar-refractivity contribution in [3.8, 4) is 5.75 Å². The topological polar surface area (TPSA) is 81.7 Å². The summed E-state index contributed by atoms with van der Waals surface area (Å²) in [6, 6.07) is 5.69. The van der Waals surface area contributed by atoms with Gasteiger partial charge in [-0.1, -0.05) is 12.1 Å². The normalized spacial score (nSPS) is 11.3. The molecule has 0 radical (unpaired) electrons. The minimum Gasteiger partial charge on any atom is -0.491 e. The zero-order valence-corrected chi connectivity index (χ0v) is 11.6. The number of Topliss-reactive ketones (excluding diaryl/α,β-unsaturated/α-hetero) is 1. The number of ketones is 1. The van der Waals surface area contributed by atoms with Gasteiger partial charge in [0.15, 0.2) is 11.8 Å². The number of hydrogen-bond acceptors (Lipinski definition) is 5. The fraction of sp³-hybridized carbons (Fsp3) is 0.357. The molecule has 0 spiro atoms. The molecule has 0 aromatic heterocycles. The van der Waals surface area contributed by atoms with E-state index >= 15 is 0 Å². The van der Waals surface area contributed by atoms with Gasteiger partial charge in [0, 0.05) is 12.5 Å². The van der Waals surface area contributed by atoms with Gasteiger partial charge in [0.2, 0.25) is 5.91 Å². The van der Waals surface area contributed by atoms with Crippen molar-refractivity contribution in [3.63, 3.8) is 0 Å². The Morgan fingerprint density at radius 1 is 1.25 bits per heavy atom. The molecule has 108 valence electrons. The molecular formula is C14H17NO5. The number of nitrogens with one attached hydrogen (secondary N) is 1. The van der Waals surface area contributed by atoms with Gasteiger partial charge in [0.05, 0.1) is 7.11 Å². The molecule has 0 saturated heterocycles. The van der Waals surface area contributed by atoms with Gasteiger partial charge in [-0.15, -0.1) is 0 Å². The van der Waals surface area contributed by atoms with E-state index in [4.69, 9.17) is 4.74 Å². The van der Waals surface area contributed by atoms with Crippen LogP contribution in [0.1, 0.15) is 24.2 Å². The van der Waals surface area contributed by atoms with Gasteiger partial charge in [0.25, 0.3) is 0 Å². The van der Waals surface area contributed by atoms with E-state index in [1.165, 1.54) is 21.0 Å². The Morgan fingerprint density at radius 3 is 2.50 bits per heavy atom. The first-order valence-electron chi connectivity index (χ1n) is 6.02. The van der Waals surface area contributed by atoms with Crippen LogP contribution in [0.2, 0.25) is 0 Å². The van der Waals surface area contributed by atoms with Crippen molar-refractivity contribution in [2.45, 2.75) is 19.9 Å². The molecule has 1 rings (SSSR count). The summed E-state index contributed by atoms with van der Waals surface area (Å²) in [5, 5.41) is 2.43. The lowest BCUT2D eigenvalue weighted by atomic mass is 10.1. The molecule has 0 bridgehead atoms. The molecule has 1 unspecified atom stereocenters. The number of ether oxygens (including phenoxy) is 2. The van der Waals surface area contributed by atoms with Crippen molar-refractivity contribution in [3.05, 3.63) is 29.8 Å². The Balaban J connectivity index is 2.71. The molecule has 20 heavy (non-hydrogen) atoms. The van der Waals surface area contributed by atoms with E-state index in [1.54, 1.807) is 24.3 Å². The van der Waals surface area contributed by atoms with Crippen molar-refractivity contribution in [2.24, 2.45) is 0 Å². The number of carbonyl (C=O) groups excluding carboxylic acids is 3. The second kappa shape index (κ2) is 7.28. The Kier molecular flexibility index (Phi) is 5.71. The lowest BCUT2D eigenvalue weighted by molar-refractivity contribution is -0.145. The van der Waals surface area contributed by atoms with Crippen LogP contribution in [0, 0.1) is 0 Å². The summed E-state index contributed by atoms with van der Waals surface area (Å²) in [7, 11) is 1.23. The van der Waals surface area contributed by atoms with Crippen LogP contribution in [0.4, 0.5) is 0 Å². The number of rotatable bonds is 6. The molecule has 0 aliphatic heterocycles. The summed E-state index contributed by atoms with van der Waals surface area (Å²) >= 11 is 0. The maximum Gasteiger partial charge on any atom is 0.331 e. The highest BCUT2D eigenvalue weighted by Crippen LogP contribution is 2.14. The van der Waals surface area contributed by atoms with Crippen LogP contribution in [0.5, 0.6) is 5.75 Å². The Hall–Kier alpha value is -2.37. The van der Waals surface area contributed by atoms with Crippen molar-refractivity contribution in [1.29, 1.82) is 0 Å². The molecule has 6 heteroatoms. The Bertz CT molecular complexity index is 512. The predicted molar refractivity (Wildman–Crippen MR) is 71.6 cm³/mol. The molecule has 1 atom stereocenters. The first-order chi connectivity index (χ1) is 9.43. The summed E-state index contributed by atoms with van der Waals surface area (Å²) in [5.74, 6) is -0.594. The standard InChI is InChI=1S/C14H17NO5/c1-9(16)11-5-4-6-12(7-11)20-8-13(14(18)19-3)15-10(2)17/h4-7,13H,8H2,1-3H3,(H,15,17). The van der Waals surface area contributed by atoms with E-state index in [2.05, 4.69) is 10.1 Å². The quantitative estimate of drug-likeness (QED) is 0.619. The molecule has 0 aliphatic carbocycles. The summed E-state index contributed by atoms with van der Waals surface area (Å²) in [6.07, 6.45) is 0. The van der Waals surface area contributed by atoms with Gasteiger partial charge in [-0.3, -0.25) is 9.59 Å². The molecule has 1 aromatic carbocycles. The SMILES string of the molecule is COC(=O)C(COc1cccc(C(C)=O)c1)NC(C)=O. The van der Waals surface area contributed by atoms with Crippen LogP contribution in [0.3, 0.4) is 0 Å². The average Bonchev–Trinajstić information content (AvgIpc) is 2.42. The molecule has 1 amide bonds. The largest absolute Gasteiger partial charge is 0.491 e. The second-order valence-corrected chi connectivity index (χ2v) is 4.17. The predicted octanol–water partition coefficient (Wildman–Crippen LogP) is 0.946. The van der Waals surface area contributed by atoms with Gasteiger partial charge in [0.1, 0.15) is 12.4 Å². The van der Waals surface area contributed by atoms with Crippen LogP contribution in [-0.4, -0.2) is 37.4 Å². The van der Waals surface area contributed by atoms with Crippen LogP contribution in [0.15, 0.2) is 24.3 Å². The fourth-order valence-corrected chi connectivity index (χ4v) is 1.54. The van der Waals surface area contributed by atoms with Crippen molar-refractivity contribution in [2.75, 3.05) is 13.7 Å². The lowest BCUT2D eigenvalue weighted by Crippen LogP contribution is -2.44. The Morgan fingerprint density at radius 2 is 1.95 bits per heavy atom. The molecular weight excluding hydrogens is 262 g/mol. The number of benzene rings is 1. The minimum absolute atomic E-state index is 0.0758. The van der Waals surface area contributed by atoms with Gasteiger partial charge in [-0.2, -0.15) is 0 Å². The van der Waals surface area contributed by atoms with E-state index in [9.17, 15) is 14.4 Å². The zero-order valence-electron chi connectivity index (χ0n) is 11.6. The van der Waals surface area contributed by atoms with Gasteiger partial charge < -0.3 is 14.8 Å². The van der Waals surface area contributed by atoms with Crippen LogP contribution >= 0.6 is 0 Å². The summed E-state index contributed by atoms with van der Waals surface area (Å²) in [5.41, 5.74) is 0.511. The molecule has 1 aromatic rings. The molecule has 0 saturated carbocycles. The maximum atomic E-state index is 11.5. The van der Waals surface area contributed by atoms with E-state index in [0.29, 0.717) is 11.3 Å². The highest BCUT2D eigenvalue weighted by atomic mass is 16.5. The molecule has 0 fully saturated rings. The van der Waals surface area contributed by atoms with E-state index in [1.807, 2.05) is 0 Å². The van der Waals surface area contributed by atoms with Gasteiger partial charge >= 0.3 is 5.97 Å². The van der Waals surface area contributed by atoms with E-state index in [0.717, 1.165) is 0 Å². The van der Waals surface area contributed by atoms with Crippen molar-refractivity contribution < 1.29 is 23.9 Å². The Labute approximate surface area is 117 Å². The van der Waals surface area contributed by atoms with Crippen LogP contribution in [0.25, 0.3) is 0 Å². The average molecular weight is 279 g/mol. The monoisotopic (exact) mass is 279 g/mol. The third-order valence-electron chi connectivity index (χ3n) is 2.52.